The summed E-state index contributed by atoms with van der Waals surface area (Å²) in [5.41, 5.74) is 1.76. The van der Waals surface area contributed by atoms with Crippen LogP contribution in [0.3, 0.4) is 0 Å². The Hall–Kier alpha value is -2.53. The Morgan fingerprint density at radius 1 is 1.08 bits per heavy atom. The van der Waals surface area contributed by atoms with Gasteiger partial charge in [-0.25, -0.2) is 0 Å². The number of ether oxygens (including phenoxy) is 2. The summed E-state index contributed by atoms with van der Waals surface area (Å²) in [5.74, 6) is 1.33. The lowest BCUT2D eigenvalue weighted by molar-refractivity contribution is -0.120. The van der Waals surface area contributed by atoms with Crippen LogP contribution in [-0.4, -0.2) is 38.1 Å². The van der Waals surface area contributed by atoms with Crippen molar-refractivity contribution in [3.05, 3.63) is 54.1 Å². The van der Waals surface area contributed by atoms with E-state index in [0.717, 1.165) is 11.3 Å². The average Bonchev–Trinajstić information content (AvgIpc) is 2.61. The molecule has 5 heteroatoms. The van der Waals surface area contributed by atoms with Crippen LogP contribution in [0.1, 0.15) is 12.5 Å². The maximum atomic E-state index is 12.4. The number of carbonyl (C=O) groups is 1. The van der Waals surface area contributed by atoms with E-state index in [-0.39, 0.29) is 11.9 Å². The van der Waals surface area contributed by atoms with E-state index in [1.807, 2.05) is 67.4 Å². The molecular weight excluding hydrogens is 304 g/mol. The summed E-state index contributed by atoms with van der Waals surface area (Å²) < 4.78 is 10.8. The second kappa shape index (κ2) is 8.36. The summed E-state index contributed by atoms with van der Waals surface area (Å²) >= 11 is 0. The van der Waals surface area contributed by atoms with E-state index in [4.69, 9.17) is 9.47 Å². The number of amides is 1. The molecular formula is C19H24N2O3. The van der Waals surface area contributed by atoms with Gasteiger partial charge in [0.05, 0.1) is 20.3 Å². The second-order valence-corrected chi connectivity index (χ2v) is 5.60. The van der Waals surface area contributed by atoms with Crippen LogP contribution in [-0.2, 0) is 11.3 Å². The maximum absolute atomic E-state index is 12.4. The topological polar surface area (TPSA) is 50.8 Å². The van der Waals surface area contributed by atoms with Crippen LogP contribution in [0, 0.1) is 0 Å². The highest BCUT2D eigenvalue weighted by molar-refractivity contribution is 5.94. The first-order valence-electron chi connectivity index (χ1n) is 7.82. The Morgan fingerprint density at radius 3 is 2.42 bits per heavy atom. The Labute approximate surface area is 143 Å². The van der Waals surface area contributed by atoms with Crippen molar-refractivity contribution in [2.45, 2.75) is 19.5 Å². The standard InChI is InChI=1S/C19H24N2O3/c1-14(19(22)20-16-10-6-5-7-11-16)21(2)13-15-9-8-12-17(23-3)18(15)24-4/h5-12,14H,13H2,1-4H3,(H,20,22)/t14-/m0/s1. The number of hydrogen-bond acceptors (Lipinski definition) is 4. The van der Waals surface area contributed by atoms with Crippen LogP contribution in [0.2, 0.25) is 0 Å². The molecule has 0 bridgehead atoms. The molecule has 0 heterocycles. The molecule has 0 aromatic heterocycles. The normalized spacial score (nSPS) is 11.9. The molecule has 2 aromatic carbocycles. The minimum Gasteiger partial charge on any atom is -0.493 e. The van der Waals surface area contributed by atoms with E-state index in [1.165, 1.54) is 0 Å². The van der Waals surface area contributed by atoms with Gasteiger partial charge in [-0.15, -0.1) is 0 Å². The molecule has 0 radical (unpaired) electrons. The van der Waals surface area contributed by atoms with E-state index < -0.39 is 0 Å². The van der Waals surface area contributed by atoms with Gasteiger partial charge in [-0.1, -0.05) is 30.3 Å². The van der Waals surface area contributed by atoms with Crippen LogP contribution in [0.4, 0.5) is 5.69 Å². The number of rotatable bonds is 7. The summed E-state index contributed by atoms with van der Waals surface area (Å²) in [7, 11) is 5.14. The monoisotopic (exact) mass is 328 g/mol. The minimum atomic E-state index is -0.291. The van der Waals surface area contributed by atoms with Crippen molar-refractivity contribution in [2.75, 3.05) is 26.6 Å². The maximum Gasteiger partial charge on any atom is 0.241 e. The van der Waals surface area contributed by atoms with E-state index in [2.05, 4.69) is 5.32 Å². The molecule has 128 valence electrons. The molecule has 24 heavy (non-hydrogen) atoms. The molecule has 0 spiro atoms. The van der Waals surface area contributed by atoms with E-state index in [0.29, 0.717) is 18.0 Å². The fourth-order valence-electron chi connectivity index (χ4n) is 2.45. The highest BCUT2D eigenvalue weighted by Crippen LogP contribution is 2.31. The molecule has 1 N–H and O–H groups in total. The largest absolute Gasteiger partial charge is 0.493 e. The lowest BCUT2D eigenvalue weighted by atomic mass is 10.1. The zero-order chi connectivity index (χ0) is 17.5. The van der Waals surface area contributed by atoms with Gasteiger partial charge >= 0.3 is 0 Å². The van der Waals surface area contributed by atoms with Crippen LogP contribution < -0.4 is 14.8 Å². The number of likely N-dealkylation sites (N-methyl/N-ethyl adjacent to an activating group) is 1. The number of para-hydroxylation sites is 2. The van der Waals surface area contributed by atoms with E-state index in [9.17, 15) is 4.79 Å². The van der Waals surface area contributed by atoms with Gasteiger partial charge in [0.25, 0.3) is 0 Å². The highest BCUT2D eigenvalue weighted by atomic mass is 16.5. The number of nitrogens with one attached hydrogen (secondary N) is 1. The molecule has 0 aliphatic rings. The van der Waals surface area contributed by atoms with Gasteiger partial charge in [-0.3, -0.25) is 9.69 Å². The van der Waals surface area contributed by atoms with Gasteiger partial charge in [0.2, 0.25) is 5.91 Å². The third-order valence-electron chi connectivity index (χ3n) is 3.99. The number of anilines is 1. The first-order valence-corrected chi connectivity index (χ1v) is 7.82. The van der Waals surface area contributed by atoms with Crippen LogP contribution in [0.25, 0.3) is 0 Å². The van der Waals surface area contributed by atoms with Crippen molar-refractivity contribution < 1.29 is 14.3 Å². The summed E-state index contributed by atoms with van der Waals surface area (Å²) in [4.78, 5) is 14.4. The van der Waals surface area contributed by atoms with Crippen molar-refractivity contribution >= 4 is 11.6 Å². The molecule has 2 aromatic rings. The quantitative estimate of drug-likeness (QED) is 0.848. The fourth-order valence-corrected chi connectivity index (χ4v) is 2.45. The predicted octanol–water partition coefficient (Wildman–Crippen LogP) is 3.16. The zero-order valence-corrected chi connectivity index (χ0v) is 14.6. The average molecular weight is 328 g/mol. The molecule has 5 nitrogen and oxygen atoms in total. The summed E-state index contributed by atoms with van der Waals surface area (Å²) in [6.07, 6.45) is 0. The lowest BCUT2D eigenvalue weighted by Gasteiger charge is -2.25. The van der Waals surface area contributed by atoms with Gasteiger partial charge in [0, 0.05) is 17.8 Å². The fraction of sp³-hybridized carbons (Fsp3) is 0.316. The number of carbonyl (C=O) groups excluding carboxylic acids is 1. The predicted molar refractivity (Wildman–Crippen MR) is 95.5 cm³/mol. The molecule has 1 amide bonds. The van der Waals surface area contributed by atoms with Gasteiger partial charge in [-0.05, 0) is 32.2 Å². The summed E-state index contributed by atoms with van der Waals surface area (Å²) in [6, 6.07) is 14.9. The Balaban J connectivity index is 2.06. The lowest BCUT2D eigenvalue weighted by Crippen LogP contribution is -2.39. The Morgan fingerprint density at radius 2 is 1.79 bits per heavy atom. The molecule has 0 aliphatic carbocycles. The molecule has 1 atom stereocenters. The van der Waals surface area contributed by atoms with Crippen molar-refractivity contribution in [3.8, 4) is 11.5 Å². The van der Waals surface area contributed by atoms with Crippen molar-refractivity contribution in [3.63, 3.8) is 0 Å². The Bertz CT molecular complexity index is 674. The highest BCUT2D eigenvalue weighted by Gasteiger charge is 2.20. The van der Waals surface area contributed by atoms with E-state index >= 15 is 0 Å². The first-order chi connectivity index (χ1) is 11.6. The van der Waals surface area contributed by atoms with E-state index in [1.54, 1.807) is 14.2 Å². The number of nitrogens with zero attached hydrogens (tertiary/aromatic N) is 1. The molecule has 0 saturated carbocycles. The van der Waals surface area contributed by atoms with Crippen LogP contribution >= 0.6 is 0 Å². The SMILES string of the molecule is COc1cccc(CN(C)[C@@H](C)C(=O)Nc2ccccc2)c1OC. The molecule has 0 fully saturated rings. The van der Waals surface area contributed by atoms with Crippen molar-refractivity contribution in [1.29, 1.82) is 0 Å². The first kappa shape index (κ1) is 17.8. The van der Waals surface area contributed by atoms with Gasteiger partial charge in [0.1, 0.15) is 0 Å². The summed E-state index contributed by atoms with van der Waals surface area (Å²) in [5, 5.41) is 2.92. The third kappa shape index (κ3) is 4.26. The minimum absolute atomic E-state index is 0.0504. The third-order valence-corrected chi connectivity index (χ3v) is 3.99. The number of hydrogen-bond donors (Lipinski definition) is 1. The molecule has 0 unspecified atom stereocenters. The smallest absolute Gasteiger partial charge is 0.241 e. The van der Waals surface area contributed by atoms with Gasteiger partial charge < -0.3 is 14.8 Å². The van der Waals surface area contributed by atoms with Crippen LogP contribution in [0.15, 0.2) is 48.5 Å². The summed E-state index contributed by atoms with van der Waals surface area (Å²) in [6.45, 7) is 2.45. The van der Waals surface area contributed by atoms with Gasteiger partial charge in [-0.2, -0.15) is 0 Å². The number of methoxy groups -OCH3 is 2. The van der Waals surface area contributed by atoms with Crippen molar-refractivity contribution in [1.82, 2.24) is 4.90 Å². The molecule has 0 aliphatic heterocycles. The number of benzene rings is 2. The second-order valence-electron chi connectivity index (χ2n) is 5.60. The zero-order valence-electron chi connectivity index (χ0n) is 14.6. The molecule has 2 rings (SSSR count). The van der Waals surface area contributed by atoms with Crippen molar-refractivity contribution in [2.24, 2.45) is 0 Å². The van der Waals surface area contributed by atoms with Crippen LogP contribution in [0.5, 0.6) is 11.5 Å². The van der Waals surface area contributed by atoms with Gasteiger partial charge in [0.15, 0.2) is 11.5 Å². The molecule has 0 saturated heterocycles. The Kier molecular flexibility index (Phi) is 6.21.